The summed E-state index contributed by atoms with van der Waals surface area (Å²) in [4.78, 5) is 2.51. The van der Waals surface area contributed by atoms with E-state index in [0.717, 1.165) is 25.0 Å². The Labute approximate surface area is 94.7 Å². The number of hydrogen-bond donors (Lipinski definition) is 1. The van der Waals surface area contributed by atoms with Crippen molar-refractivity contribution in [2.45, 2.75) is 65.0 Å². The van der Waals surface area contributed by atoms with Crippen LogP contribution in [0.5, 0.6) is 0 Å². The molecule has 0 bridgehead atoms. The molecule has 2 nitrogen and oxygen atoms in total. The van der Waals surface area contributed by atoms with Gasteiger partial charge in [-0.3, -0.25) is 4.90 Å². The molecule has 0 aromatic rings. The predicted molar refractivity (Wildman–Crippen MR) is 65.0 cm³/mol. The minimum absolute atomic E-state index is 0.183. The van der Waals surface area contributed by atoms with Gasteiger partial charge >= 0.3 is 0 Å². The Morgan fingerprint density at radius 1 is 1.20 bits per heavy atom. The average molecular weight is 213 g/mol. The molecule has 0 amide bonds. The molecule has 1 N–H and O–H groups in total. The van der Waals surface area contributed by atoms with E-state index in [4.69, 9.17) is 0 Å². The third kappa shape index (κ3) is 4.98. The van der Waals surface area contributed by atoms with Gasteiger partial charge in [0.1, 0.15) is 0 Å². The van der Waals surface area contributed by atoms with Crippen LogP contribution in [0.15, 0.2) is 0 Å². The van der Waals surface area contributed by atoms with Crippen LogP contribution >= 0.6 is 0 Å². The van der Waals surface area contributed by atoms with E-state index in [9.17, 15) is 5.11 Å². The van der Waals surface area contributed by atoms with Crippen LogP contribution in [0.3, 0.4) is 0 Å². The summed E-state index contributed by atoms with van der Waals surface area (Å²) in [6.45, 7) is 8.46. The standard InChI is InChI=1S/C13H27NO/c1-11(2)8-9-14(10-12(3)15)13-6-4-5-7-13/h11-13,15H,4-10H2,1-3H3/t12-/m0/s1. The number of rotatable bonds is 6. The largest absolute Gasteiger partial charge is 0.392 e. The fourth-order valence-electron chi connectivity index (χ4n) is 2.46. The van der Waals surface area contributed by atoms with E-state index in [-0.39, 0.29) is 6.10 Å². The summed E-state index contributed by atoms with van der Waals surface area (Å²) in [6, 6.07) is 0.748. The quantitative estimate of drug-likeness (QED) is 0.733. The highest BCUT2D eigenvalue weighted by Gasteiger charge is 2.23. The molecule has 2 heteroatoms. The molecule has 1 aliphatic carbocycles. The molecule has 1 aliphatic rings. The van der Waals surface area contributed by atoms with Crippen LogP contribution < -0.4 is 0 Å². The van der Waals surface area contributed by atoms with Crippen molar-refractivity contribution in [2.24, 2.45) is 5.92 Å². The summed E-state index contributed by atoms with van der Waals surface area (Å²) in [5.74, 6) is 0.767. The second-order valence-corrected chi connectivity index (χ2v) is 5.46. The van der Waals surface area contributed by atoms with Gasteiger partial charge in [0, 0.05) is 12.6 Å². The van der Waals surface area contributed by atoms with E-state index >= 15 is 0 Å². The summed E-state index contributed by atoms with van der Waals surface area (Å²) >= 11 is 0. The molecule has 0 heterocycles. The molecule has 1 fully saturated rings. The molecular weight excluding hydrogens is 186 g/mol. The van der Waals surface area contributed by atoms with Gasteiger partial charge in [-0.05, 0) is 38.6 Å². The first-order valence-corrected chi connectivity index (χ1v) is 6.51. The van der Waals surface area contributed by atoms with Gasteiger partial charge in [0.05, 0.1) is 6.10 Å². The van der Waals surface area contributed by atoms with Gasteiger partial charge in [0.2, 0.25) is 0 Å². The summed E-state index contributed by atoms with van der Waals surface area (Å²) < 4.78 is 0. The monoisotopic (exact) mass is 213 g/mol. The van der Waals surface area contributed by atoms with Gasteiger partial charge in [-0.15, -0.1) is 0 Å². The van der Waals surface area contributed by atoms with Crippen LogP contribution in [0.4, 0.5) is 0 Å². The zero-order valence-electron chi connectivity index (χ0n) is 10.6. The van der Waals surface area contributed by atoms with Crippen molar-refractivity contribution < 1.29 is 5.11 Å². The molecule has 1 saturated carbocycles. The third-order valence-corrected chi connectivity index (χ3v) is 3.33. The van der Waals surface area contributed by atoms with Gasteiger partial charge in [0.25, 0.3) is 0 Å². The second-order valence-electron chi connectivity index (χ2n) is 5.46. The molecule has 0 spiro atoms. The van der Waals surface area contributed by atoms with Gasteiger partial charge in [-0.25, -0.2) is 0 Å². The molecular formula is C13H27NO. The molecule has 0 unspecified atom stereocenters. The zero-order chi connectivity index (χ0) is 11.3. The van der Waals surface area contributed by atoms with Crippen LogP contribution in [0.2, 0.25) is 0 Å². The normalized spacial score (nSPS) is 20.4. The molecule has 1 rings (SSSR count). The topological polar surface area (TPSA) is 23.5 Å². The van der Waals surface area contributed by atoms with Gasteiger partial charge in [-0.1, -0.05) is 26.7 Å². The maximum atomic E-state index is 9.51. The van der Waals surface area contributed by atoms with Crippen LogP contribution in [-0.2, 0) is 0 Å². The van der Waals surface area contributed by atoms with Gasteiger partial charge < -0.3 is 5.11 Å². The van der Waals surface area contributed by atoms with Crippen LogP contribution in [-0.4, -0.2) is 35.2 Å². The van der Waals surface area contributed by atoms with Crippen molar-refractivity contribution in [3.63, 3.8) is 0 Å². The maximum Gasteiger partial charge on any atom is 0.0639 e. The van der Waals surface area contributed by atoms with Gasteiger partial charge in [0.15, 0.2) is 0 Å². The lowest BCUT2D eigenvalue weighted by molar-refractivity contribution is 0.0953. The maximum absolute atomic E-state index is 9.51. The smallest absolute Gasteiger partial charge is 0.0639 e. The predicted octanol–water partition coefficient (Wildman–Crippen LogP) is 2.66. The molecule has 90 valence electrons. The minimum Gasteiger partial charge on any atom is -0.392 e. The number of hydrogen-bond acceptors (Lipinski definition) is 2. The Bertz CT molecular complexity index is 162. The van der Waals surface area contributed by atoms with Crippen molar-refractivity contribution in [3.8, 4) is 0 Å². The Morgan fingerprint density at radius 3 is 2.27 bits per heavy atom. The highest BCUT2D eigenvalue weighted by atomic mass is 16.3. The summed E-state index contributed by atoms with van der Waals surface area (Å²) in [7, 11) is 0. The molecule has 0 aromatic carbocycles. The molecule has 0 radical (unpaired) electrons. The van der Waals surface area contributed by atoms with E-state index in [0.29, 0.717) is 0 Å². The first-order chi connectivity index (χ1) is 7.09. The summed E-state index contributed by atoms with van der Waals surface area (Å²) in [5, 5.41) is 9.51. The lowest BCUT2D eigenvalue weighted by Gasteiger charge is -2.30. The number of aliphatic hydroxyl groups is 1. The van der Waals surface area contributed by atoms with Crippen LogP contribution in [0.1, 0.15) is 52.9 Å². The molecule has 0 saturated heterocycles. The Morgan fingerprint density at radius 2 is 1.80 bits per heavy atom. The lowest BCUT2D eigenvalue weighted by Crippen LogP contribution is -2.39. The first-order valence-electron chi connectivity index (χ1n) is 6.51. The third-order valence-electron chi connectivity index (χ3n) is 3.33. The molecule has 0 aromatic heterocycles. The van der Waals surface area contributed by atoms with Crippen LogP contribution in [0, 0.1) is 5.92 Å². The minimum atomic E-state index is -0.183. The van der Waals surface area contributed by atoms with Crippen molar-refractivity contribution >= 4 is 0 Å². The number of aliphatic hydroxyl groups excluding tert-OH is 1. The van der Waals surface area contributed by atoms with Gasteiger partial charge in [-0.2, -0.15) is 0 Å². The van der Waals surface area contributed by atoms with Crippen molar-refractivity contribution in [2.75, 3.05) is 13.1 Å². The van der Waals surface area contributed by atoms with E-state index in [2.05, 4.69) is 18.7 Å². The summed E-state index contributed by atoms with van der Waals surface area (Å²) in [5.41, 5.74) is 0. The van der Waals surface area contributed by atoms with Crippen molar-refractivity contribution in [3.05, 3.63) is 0 Å². The van der Waals surface area contributed by atoms with E-state index in [1.807, 2.05) is 6.92 Å². The average Bonchev–Trinajstić information content (AvgIpc) is 2.63. The Hall–Kier alpha value is -0.0800. The molecule has 0 aliphatic heterocycles. The fourth-order valence-corrected chi connectivity index (χ4v) is 2.46. The highest BCUT2D eigenvalue weighted by Crippen LogP contribution is 2.24. The molecule has 15 heavy (non-hydrogen) atoms. The van der Waals surface area contributed by atoms with Crippen LogP contribution in [0.25, 0.3) is 0 Å². The zero-order valence-corrected chi connectivity index (χ0v) is 10.6. The molecule has 1 atom stereocenters. The lowest BCUT2D eigenvalue weighted by atomic mass is 10.1. The van der Waals surface area contributed by atoms with Crippen molar-refractivity contribution in [1.29, 1.82) is 0 Å². The number of nitrogens with zero attached hydrogens (tertiary/aromatic N) is 1. The SMILES string of the molecule is CC(C)CCN(C[C@H](C)O)C1CCCC1. The van der Waals surface area contributed by atoms with Crippen molar-refractivity contribution in [1.82, 2.24) is 4.90 Å². The van der Waals surface area contributed by atoms with E-state index < -0.39 is 0 Å². The Kier molecular flexibility index (Phi) is 5.62. The first kappa shape index (κ1) is 13.0. The summed E-state index contributed by atoms with van der Waals surface area (Å²) in [6.07, 6.45) is 6.50. The fraction of sp³-hybridized carbons (Fsp3) is 1.00. The van der Waals surface area contributed by atoms with E-state index in [1.165, 1.54) is 32.1 Å². The van der Waals surface area contributed by atoms with E-state index in [1.54, 1.807) is 0 Å². The highest BCUT2D eigenvalue weighted by molar-refractivity contribution is 4.78. The Balaban J connectivity index is 2.37. The second kappa shape index (κ2) is 6.49.